The quantitative estimate of drug-likeness (QED) is 0.753. The first-order valence-electron chi connectivity index (χ1n) is 5.77. The van der Waals surface area contributed by atoms with Crippen molar-refractivity contribution in [2.24, 2.45) is 0 Å². The van der Waals surface area contributed by atoms with Gasteiger partial charge in [-0.2, -0.15) is 0 Å². The Balaban J connectivity index is 0.000000686. The maximum absolute atomic E-state index is 11.7. The molecule has 1 fully saturated rings. The third-order valence-corrected chi connectivity index (χ3v) is 3.74. The molecule has 0 aromatic heterocycles. The standard InChI is InChI=1S/C10H13O4P.C2H6/c1-12-15(11)13-8-7-10(14-15)9-5-3-2-4-6-9;1-2/h2-6,10H,7-8H2,1H3;1-2H3. The molecule has 2 unspecified atom stereocenters. The van der Waals surface area contributed by atoms with E-state index in [1.165, 1.54) is 7.11 Å². The van der Waals surface area contributed by atoms with Crippen molar-refractivity contribution in [3.63, 3.8) is 0 Å². The summed E-state index contributed by atoms with van der Waals surface area (Å²) in [7, 11) is -1.99. The smallest absolute Gasteiger partial charge is 0.290 e. The summed E-state index contributed by atoms with van der Waals surface area (Å²) in [6.45, 7) is 4.39. The monoisotopic (exact) mass is 258 g/mol. The van der Waals surface area contributed by atoms with Crippen LogP contribution >= 0.6 is 7.82 Å². The molecule has 1 aliphatic rings. The lowest BCUT2D eigenvalue weighted by atomic mass is 10.1. The number of phosphoric ester groups is 1. The molecular weight excluding hydrogens is 239 g/mol. The van der Waals surface area contributed by atoms with Crippen LogP contribution in [0.3, 0.4) is 0 Å². The van der Waals surface area contributed by atoms with Crippen LogP contribution in [-0.4, -0.2) is 13.7 Å². The van der Waals surface area contributed by atoms with Crippen molar-refractivity contribution in [1.29, 1.82) is 0 Å². The van der Waals surface area contributed by atoms with Crippen molar-refractivity contribution in [2.45, 2.75) is 26.4 Å². The van der Waals surface area contributed by atoms with Crippen molar-refractivity contribution < 1.29 is 18.1 Å². The lowest BCUT2D eigenvalue weighted by Gasteiger charge is -2.27. The van der Waals surface area contributed by atoms with E-state index in [9.17, 15) is 4.57 Å². The Kier molecular flexibility index (Phi) is 5.86. The highest BCUT2D eigenvalue weighted by molar-refractivity contribution is 7.48. The van der Waals surface area contributed by atoms with Crippen LogP contribution in [0.15, 0.2) is 30.3 Å². The predicted molar refractivity (Wildman–Crippen MR) is 66.8 cm³/mol. The second kappa shape index (κ2) is 6.92. The molecule has 5 heteroatoms. The summed E-state index contributed by atoms with van der Waals surface area (Å²) in [6, 6.07) is 9.66. The van der Waals surface area contributed by atoms with Gasteiger partial charge in [-0.15, -0.1) is 0 Å². The van der Waals surface area contributed by atoms with Crippen LogP contribution in [0, 0.1) is 0 Å². The Labute approximate surface area is 103 Å². The summed E-state index contributed by atoms with van der Waals surface area (Å²) >= 11 is 0. The molecule has 96 valence electrons. The minimum Gasteiger partial charge on any atom is -0.290 e. The normalized spacial score (nSPS) is 28.1. The number of rotatable bonds is 2. The van der Waals surface area contributed by atoms with Gasteiger partial charge in [0.05, 0.1) is 12.7 Å². The predicted octanol–water partition coefficient (Wildman–Crippen LogP) is 3.95. The van der Waals surface area contributed by atoms with Gasteiger partial charge in [0.1, 0.15) is 0 Å². The van der Waals surface area contributed by atoms with Crippen LogP contribution in [0.1, 0.15) is 31.9 Å². The van der Waals surface area contributed by atoms with Gasteiger partial charge in [-0.1, -0.05) is 44.2 Å². The van der Waals surface area contributed by atoms with Crippen LogP contribution < -0.4 is 0 Å². The molecule has 4 nitrogen and oxygen atoms in total. The summed E-state index contributed by atoms with van der Waals surface area (Å²) in [5.74, 6) is 0. The van der Waals surface area contributed by atoms with Gasteiger partial charge in [-0.25, -0.2) is 4.57 Å². The molecule has 0 N–H and O–H groups in total. The van der Waals surface area contributed by atoms with Crippen molar-refractivity contribution in [2.75, 3.05) is 13.7 Å². The first kappa shape index (κ1) is 14.4. The van der Waals surface area contributed by atoms with Crippen LogP contribution in [0.2, 0.25) is 0 Å². The minimum absolute atomic E-state index is 0.203. The van der Waals surface area contributed by atoms with Gasteiger partial charge < -0.3 is 0 Å². The number of benzene rings is 1. The van der Waals surface area contributed by atoms with Gasteiger partial charge in [0.2, 0.25) is 0 Å². The highest BCUT2D eigenvalue weighted by Crippen LogP contribution is 2.56. The van der Waals surface area contributed by atoms with E-state index in [0.717, 1.165) is 5.56 Å². The molecule has 0 spiro atoms. The molecule has 1 saturated heterocycles. The Morgan fingerprint density at radius 2 is 1.94 bits per heavy atom. The summed E-state index contributed by atoms with van der Waals surface area (Å²) < 4.78 is 26.8. The molecule has 1 aromatic rings. The van der Waals surface area contributed by atoms with Gasteiger partial charge in [-0.05, 0) is 5.56 Å². The van der Waals surface area contributed by atoms with E-state index in [2.05, 4.69) is 0 Å². The van der Waals surface area contributed by atoms with E-state index >= 15 is 0 Å². The molecule has 0 aliphatic carbocycles. The fraction of sp³-hybridized carbons (Fsp3) is 0.500. The van der Waals surface area contributed by atoms with E-state index in [4.69, 9.17) is 13.6 Å². The van der Waals surface area contributed by atoms with Crippen LogP contribution in [0.5, 0.6) is 0 Å². The fourth-order valence-electron chi connectivity index (χ4n) is 1.50. The molecule has 0 saturated carbocycles. The van der Waals surface area contributed by atoms with Gasteiger partial charge in [0.15, 0.2) is 0 Å². The molecule has 17 heavy (non-hydrogen) atoms. The average molecular weight is 258 g/mol. The van der Waals surface area contributed by atoms with Crippen LogP contribution in [0.25, 0.3) is 0 Å². The third kappa shape index (κ3) is 3.93. The molecule has 1 aromatic carbocycles. The molecule has 2 rings (SSSR count). The summed E-state index contributed by atoms with van der Waals surface area (Å²) in [6.07, 6.45) is 0.489. The third-order valence-electron chi connectivity index (χ3n) is 2.28. The van der Waals surface area contributed by atoms with E-state index in [1.807, 2.05) is 44.2 Å². The maximum Gasteiger partial charge on any atom is 0.475 e. The summed E-state index contributed by atoms with van der Waals surface area (Å²) in [5, 5.41) is 0. The number of hydrogen-bond donors (Lipinski definition) is 0. The summed E-state index contributed by atoms with van der Waals surface area (Å²) in [4.78, 5) is 0. The molecular formula is C12H19O4P. The SMILES string of the molecule is CC.COP1(=O)OCCC(c2ccccc2)O1. The van der Waals surface area contributed by atoms with Gasteiger partial charge in [0.25, 0.3) is 0 Å². The molecule has 2 atom stereocenters. The zero-order valence-corrected chi connectivity index (χ0v) is 11.4. The lowest BCUT2D eigenvalue weighted by molar-refractivity contribution is 0.0374. The maximum atomic E-state index is 11.7. The molecule has 1 aliphatic heterocycles. The van der Waals surface area contributed by atoms with Crippen molar-refractivity contribution >= 4 is 7.82 Å². The van der Waals surface area contributed by atoms with E-state index in [0.29, 0.717) is 13.0 Å². The highest BCUT2D eigenvalue weighted by atomic mass is 31.2. The van der Waals surface area contributed by atoms with Gasteiger partial charge in [0, 0.05) is 13.5 Å². The van der Waals surface area contributed by atoms with E-state index < -0.39 is 7.82 Å². The van der Waals surface area contributed by atoms with Crippen molar-refractivity contribution in [3.8, 4) is 0 Å². The van der Waals surface area contributed by atoms with E-state index in [-0.39, 0.29) is 6.10 Å². The van der Waals surface area contributed by atoms with Crippen LogP contribution in [0.4, 0.5) is 0 Å². The first-order chi connectivity index (χ1) is 8.23. The first-order valence-corrected chi connectivity index (χ1v) is 7.23. The van der Waals surface area contributed by atoms with Crippen LogP contribution in [-0.2, 0) is 18.1 Å². The molecule has 1 heterocycles. The minimum atomic E-state index is -3.32. The molecule has 0 radical (unpaired) electrons. The number of hydrogen-bond acceptors (Lipinski definition) is 4. The Morgan fingerprint density at radius 1 is 1.29 bits per heavy atom. The topological polar surface area (TPSA) is 44.8 Å². The Hall–Kier alpha value is -0.670. The van der Waals surface area contributed by atoms with Gasteiger partial charge >= 0.3 is 7.82 Å². The average Bonchev–Trinajstić information content (AvgIpc) is 2.42. The second-order valence-corrected chi connectivity index (χ2v) is 4.99. The van der Waals surface area contributed by atoms with Gasteiger partial charge in [-0.3, -0.25) is 13.6 Å². The molecule has 0 bridgehead atoms. The largest absolute Gasteiger partial charge is 0.475 e. The lowest BCUT2D eigenvalue weighted by Crippen LogP contribution is -2.14. The van der Waals surface area contributed by atoms with Crippen molar-refractivity contribution in [1.82, 2.24) is 0 Å². The van der Waals surface area contributed by atoms with E-state index in [1.54, 1.807) is 0 Å². The second-order valence-electron chi connectivity index (χ2n) is 3.26. The fourth-order valence-corrected chi connectivity index (χ4v) is 2.62. The highest BCUT2D eigenvalue weighted by Gasteiger charge is 2.34. The van der Waals surface area contributed by atoms with Crippen molar-refractivity contribution in [3.05, 3.63) is 35.9 Å². The Bertz CT molecular complexity index is 366. The number of phosphoric acid groups is 1. The Morgan fingerprint density at radius 3 is 2.53 bits per heavy atom. The molecule has 0 amide bonds. The zero-order chi connectivity index (χ0) is 12.7. The summed E-state index contributed by atoms with van der Waals surface area (Å²) in [5.41, 5.74) is 0.998. The zero-order valence-electron chi connectivity index (χ0n) is 10.5.